The van der Waals surface area contributed by atoms with E-state index in [1.165, 1.54) is 11.3 Å². The number of ether oxygens (including phenoxy) is 1. The van der Waals surface area contributed by atoms with Crippen LogP contribution in [0.2, 0.25) is 0 Å². The summed E-state index contributed by atoms with van der Waals surface area (Å²) in [5, 5.41) is 3.42. The van der Waals surface area contributed by atoms with E-state index in [9.17, 15) is 0 Å². The smallest absolute Gasteiger partial charge is 0.142 e. The lowest BCUT2D eigenvalue weighted by Gasteiger charge is -2.13. The van der Waals surface area contributed by atoms with Crippen molar-refractivity contribution in [2.75, 3.05) is 12.4 Å². The average molecular weight is 244 g/mol. The highest BCUT2D eigenvalue weighted by Crippen LogP contribution is 2.25. The van der Waals surface area contributed by atoms with Crippen molar-refractivity contribution >= 4 is 5.69 Å². The van der Waals surface area contributed by atoms with E-state index in [1.54, 1.807) is 7.11 Å². The summed E-state index contributed by atoms with van der Waals surface area (Å²) >= 11 is 0. The molecule has 1 heterocycles. The fraction of sp³-hybridized carbons (Fsp3) is 0.333. The van der Waals surface area contributed by atoms with E-state index >= 15 is 0 Å². The van der Waals surface area contributed by atoms with Crippen molar-refractivity contribution in [2.24, 2.45) is 0 Å². The van der Waals surface area contributed by atoms with Crippen LogP contribution in [0.3, 0.4) is 0 Å². The number of aromatic nitrogens is 1. The molecule has 1 aromatic carbocycles. The fourth-order valence-electron chi connectivity index (χ4n) is 2.05. The van der Waals surface area contributed by atoms with Crippen LogP contribution in [0.1, 0.15) is 18.2 Å². The van der Waals surface area contributed by atoms with Gasteiger partial charge in [0.2, 0.25) is 0 Å². The summed E-state index contributed by atoms with van der Waals surface area (Å²) in [7, 11) is 1.70. The molecule has 0 saturated carbocycles. The first-order valence-electron chi connectivity index (χ1n) is 6.27. The molecule has 0 saturated heterocycles. The molecule has 1 N–H and O–H groups in total. The minimum Gasteiger partial charge on any atom is -0.495 e. The summed E-state index contributed by atoms with van der Waals surface area (Å²) in [6, 6.07) is 10.4. The van der Waals surface area contributed by atoms with Crippen LogP contribution in [0.25, 0.3) is 0 Å². The maximum Gasteiger partial charge on any atom is 0.142 e. The molecule has 1 aromatic heterocycles. The summed E-state index contributed by atoms with van der Waals surface area (Å²) in [4.78, 5) is 0. The molecular weight excluding hydrogens is 224 g/mol. The molecule has 0 amide bonds. The molecule has 0 spiro atoms. The minimum atomic E-state index is 0.806. The first-order valence-corrected chi connectivity index (χ1v) is 6.27. The van der Waals surface area contributed by atoms with Crippen LogP contribution in [0, 0.1) is 6.92 Å². The normalized spacial score (nSPS) is 10.4. The van der Waals surface area contributed by atoms with Crippen LogP contribution in [0.4, 0.5) is 5.69 Å². The lowest BCUT2D eigenvalue weighted by atomic mass is 10.2. The van der Waals surface area contributed by atoms with Crippen molar-refractivity contribution < 1.29 is 4.74 Å². The molecule has 3 nitrogen and oxygen atoms in total. The van der Waals surface area contributed by atoms with E-state index in [0.717, 1.165) is 24.5 Å². The number of hydrogen-bond donors (Lipinski definition) is 1. The van der Waals surface area contributed by atoms with E-state index in [1.807, 2.05) is 6.07 Å². The van der Waals surface area contributed by atoms with Gasteiger partial charge in [-0.2, -0.15) is 0 Å². The quantitative estimate of drug-likeness (QED) is 0.872. The molecule has 18 heavy (non-hydrogen) atoms. The third-order valence-corrected chi connectivity index (χ3v) is 3.08. The predicted octanol–water partition coefficient (Wildman–Crippen LogP) is 3.44. The Hall–Kier alpha value is -1.90. The number of rotatable bonds is 5. The van der Waals surface area contributed by atoms with E-state index in [2.05, 4.69) is 54.2 Å². The SMILES string of the molecule is CCn1cccc1CNc1ccc(C)cc1OC. The van der Waals surface area contributed by atoms with Crippen molar-refractivity contribution in [1.82, 2.24) is 4.57 Å². The highest BCUT2D eigenvalue weighted by molar-refractivity contribution is 5.57. The van der Waals surface area contributed by atoms with Crippen molar-refractivity contribution in [3.8, 4) is 5.75 Å². The van der Waals surface area contributed by atoms with Gasteiger partial charge in [-0.25, -0.2) is 0 Å². The largest absolute Gasteiger partial charge is 0.495 e. The van der Waals surface area contributed by atoms with Gasteiger partial charge in [-0.1, -0.05) is 6.07 Å². The van der Waals surface area contributed by atoms with E-state index in [0.29, 0.717) is 0 Å². The van der Waals surface area contributed by atoms with Crippen LogP contribution in [0.15, 0.2) is 36.5 Å². The zero-order valence-corrected chi connectivity index (χ0v) is 11.2. The molecule has 0 atom stereocenters. The Morgan fingerprint density at radius 1 is 1.28 bits per heavy atom. The maximum atomic E-state index is 5.38. The summed E-state index contributed by atoms with van der Waals surface area (Å²) in [5.74, 6) is 0.893. The van der Waals surface area contributed by atoms with Gasteiger partial charge in [0.25, 0.3) is 0 Å². The first kappa shape index (κ1) is 12.6. The highest BCUT2D eigenvalue weighted by Gasteiger charge is 2.04. The second-order valence-electron chi connectivity index (χ2n) is 4.34. The van der Waals surface area contributed by atoms with Gasteiger partial charge in [-0.3, -0.25) is 0 Å². The summed E-state index contributed by atoms with van der Waals surface area (Å²) in [6.07, 6.45) is 2.10. The molecule has 0 unspecified atom stereocenters. The van der Waals surface area contributed by atoms with Gasteiger partial charge in [0, 0.05) is 18.4 Å². The van der Waals surface area contributed by atoms with Crippen LogP contribution >= 0.6 is 0 Å². The number of methoxy groups -OCH3 is 1. The number of hydrogen-bond acceptors (Lipinski definition) is 2. The molecule has 3 heteroatoms. The Kier molecular flexibility index (Phi) is 3.92. The Morgan fingerprint density at radius 3 is 2.83 bits per heavy atom. The van der Waals surface area contributed by atoms with Crippen molar-refractivity contribution in [2.45, 2.75) is 26.9 Å². The standard InChI is InChI=1S/C15H20N2O/c1-4-17-9-5-6-13(17)11-16-14-8-7-12(2)10-15(14)18-3/h5-10,16H,4,11H2,1-3H3. The second-order valence-corrected chi connectivity index (χ2v) is 4.34. The molecule has 0 fully saturated rings. The van der Waals surface area contributed by atoms with Crippen molar-refractivity contribution in [1.29, 1.82) is 0 Å². The van der Waals surface area contributed by atoms with Gasteiger partial charge in [0.05, 0.1) is 19.3 Å². The monoisotopic (exact) mass is 244 g/mol. The van der Waals surface area contributed by atoms with E-state index < -0.39 is 0 Å². The van der Waals surface area contributed by atoms with Gasteiger partial charge in [0.1, 0.15) is 5.75 Å². The van der Waals surface area contributed by atoms with Crippen molar-refractivity contribution in [3.05, 3.63) is 47.8 Å². The van der Waals surface area contributed by atoms with E-state index in [4.69, 9.17) is 4.74 Å². The van der Waals surface area contributed by atoms with Crippen LogP contribution in [0.5, 0.6) is 5.75 Å². The third kappa shape index (κ3) is 2.67. The number of benzene rings is 1. The molecule has 0 aliphatic carbocycles. The van der Waals surface area contributed by atoms with Crippen LogP contribution in [-0.2, 0) is 13.1 Å². The summed E-state index contributed by atoms with van der Waals surface area (Å²) < 4.78 is 7.61. The lowest BCUT2D eigenvalue weighted by molar-refractivity contribution is 0.416. The summed E-state index contributed by atoms with van der Waals surface area (Å²) in [6.45, 7) is 6.01. The van der Waals surface area contributed by atoms with E-state index in [-0.39, 0.29) is 0 Å². The lowest BCUT2D eigenvalue weighted by Crippen LogP contribution is -2.06. The van der Waals surface area contributed by atoms with Crippen LogP contribution < -0.4 is 10.1 Å². The molecule has 2 aromatic rings. The van der Waals surface area contributed by atoms with Gasteiger partial charge in [-0.15, -0.1) is 0 Å². The van der Waals surface area contributed by atoms with Gasteiger partial charge >= 0.3 is 0 Å². The Bertz CT molecular complexity index is 517. The number of nitrogens with one attached hydrogen (secondary N) is 1. The number of aryl methyl sites for hydroxylation is 2. The first-order chi connectivity index (χ1) is 8.74. The van der Waals surface area contributed by atoms with Gasteiger partial charge in [-0.05, 0) is 43.7 Å². The maximum absolute atomic E-state index is 5.38. The summed E-state index contributed by atoms with van der Waals surface area (Å²) in [5.41, 5.74) is 3.52. The second kappa shape index (κ2) is 5.63. The Balaban J connectivity index is 2.10. The minimum absolute atomic E-state index is 0.806. The number of anilines is 1. The molecule has 0 aliphatic rings. The van der Waals surface area contributed by atoms with Crippen molar-refractivity contribution in [3.63, 3.8) is 0 Å². The zero-order valence-electron chi connectivity index (χ0n) is 11.2. The van der Waals surface area contributed by atoms with Gasteiger partial charge in [0.15, 0.2) is 0 Å². The molecule has 0 aliphatic heterocycles. The molecule has 2 rings (SSSR count). The Labute approximate surface area is 108 Å². The average Bonchev–Trinajstić information content (AvgIpc) is 2.84. The van der Waals surface area contributed by atoms with Gasteiger partial charge < -0.3 is 14.6 Å². The Morgan fingerprint density at radius 2 is 2.11 bits per heavy atom. The third-order valence-electron chi connectivity index (χ3n) is 3.08. The van der Waals surface area contributed by atoms with Crippen LogP contribution in [-0.4, -0.2) is 11.7 Å². The fourth-order valence-corrected chi connectivity index (χ4v) is 2.05. The number of nitrogens with zero attached hydrogens (tertiary/aromatic N) is 1. The molecule has 96 valence electrons. The predicted molar refractivity (Wildman–Crippen MR) is 75.2 cm³/mol. The zero-order chi connectivity index (χ0) is 13.0. The molecular formula is C15H20N2O. The highest BCUT2D eigenvalue weighted by atomic mass is 16.5. The molecule has 0 radical (unpaired) electrons. The molecule has 0 bridgehead atoms. The topological polar surface area (TPSA) is 26.2 Å².